The maximum atomic E-state index is 12.3. The van der Waals surface area contributed by atoms with E-state index in [1.54, 1.807) is 0 Å². The minimum absolute atomic E-state index is 0.104. The van der Waals surface area contributed by atoms with E-state index in [4.69, 9.17) is 13.8 Å². The summed E-state index contributed by atoms with van der Waals surface area (Å²) in [5, 5.41) is 21.8. The molecule has 0 rings (SSSR count). The van der Waals surface area contributed by atoms with Crippen LogP contribution in [0.1, 0.15) is 162 Å². The second-order valence-corrected chi connectivity index (χ2v) is 15.3. The van der Waals surface area contributed by atoms with Gasteiger partial charge in [-0.05, 0) is 57.8 Å². The van der Waals surface area contributed by atoms with Crippen LogP contribution in [-0.2, 0) is 32.7 Å². The molecule has 0 spiro atoms. The van der Waals surface area contributed by atoms with E-state index in [0.717, 1.165) is 70.6 Å². The number of hydrogen-bond acceptors (Lipinski definition) is 8. The highest BCUT2D eigenvalue weighted by atomic mass is 31.2. The Kier molecular flexibility index (Phi) is 36.1. The summed E-state index contributed by atoms with van der Waals surface area (Å²) in [5.74, 6) is -2.42. The van der Waals surface area contributed by atoms with E-state index in [1.807, 2.05) is 0 Å². The minimum Gasteiger partial charge on any atom is -0.480 e. The van der Waals surface area contributed by atoms with E-state index >= 15 is 0 Å². The Morgan fingerprint density at radius 2 is 1.05 bits per heavy atom. The fourth-order valence-corrected chi connectivity index (χ4v) is 6.11. The summed E-state index contributed by atoms with van der Waals surface area (Å²) in [7, 11) is -4.76. The predicted octanol–water partition coefficient (Wildman–Crippen LogP) is 10.4. The summed E-state index contributed by atoms with van der Waals surface area (Å²) in [6, 6.07) is -1.57. The van der Waals surface area contributed by atoms with Gasteiger partial charge in [0, 0.05) is 12.8 Å². The van der Waals surface area contributed by atoms with Crippen LogP contribution in [0.2, 0.25) is 0 Å². The Labute approximate surface area is 332 Å². The van der Waals surface area contributed by atoms with Crippen molar-refractivity contribution in [2.24, 2.45) is 0 Å². The number of rotatable bonds is 38. The van der Waals surface area contributed by atoms with Crippen LogP contribution in [0.5, 0.6) is 0 Å². The fraction of sp³-hybridized carbons (Fsp3) is 0.698. The number of hydrogen-bond donors (Lipinski definition) is 4. The molecule has 1 amide bonds. The molecule has 3 unspecified atom stereocenters. The van der Waals surface area contributed by atoms with Crippen LogP contribution in [0.4, 0.5) is 0 Å². The zero-order valence-corrected chi connectivity index (χ0v) is 34.9. The molecular weight excluding hydrogens is 721 g/mol. The number of nitrogens with one attached hydrogen (secondary N) is 1. The predicted molar refractivity (Wildman–Crippen MR) is 222 cm³/mol. The molecule has 3 atom stereocenters. The van der Waals surface area contributed by atoms with Gasteiger partial charge in [-0.2, -0.15) is 0 Å². The molecule has 4 N–H and O–H groups in total. The highest BCUT2D eigenvalue weighted by Gasteiger charge is 2.28. The topological polar surface area (TPSA) is 169 Å². The zero-order chi connectivity index (χ0) is 40.7. The van der Waals surface area contributed by atoms with Gasteiger partial charge >= 0.3 is 19.8 Å². The molecule has 0 aromatic rings. The molecule has 0 aliphatic rings. The van der Waals surface area contributed by atoms with Crippen molar-refractivity contribution in [3.8, 4) is 0 Å². The summed E-state index contributed by atoms with van der Waals surface area (Å²) >= 11 is 0. The third kappa shape index (κ3) is 37.9. The van der Waals surface area contributed by atoms with Crippen molar-refractivity contribution >= 4 is 25.7 Å². The Bertz CT molecular complexity index is 1170. The summed E-state index contributed by atoms with van der Waals surface area (Å²) in [5.41, 5.74) is 0. The number of phosphoric ester groups is 1. The molecule has 0 saturated heterocycles. The van der Waals surface area contributed by atoms with Crippen molar-refractivity contribution in [1.82, 2.24) is 5.32 Å². The molecule has 0 aliphatic carbocycles. The normalized spacial score (nSPS) is 14.4. The second kappa shape index (κ2) is 38.1. The number of allylic oxidation sites excluding steroid dienone is 10. The van der Waals surface area contributed by atoms with E-state index in [1.165, 1.54) is 51.4 Å². The van der Waals surface area contributed by atoms with Gasteiger partial charge < -0.3 is 25.2 Å². The number of carbonyl (C=O) groups is 3. The monoisotopic (exact) mass is 796 g/mol. The molecule has 0 aromatic heterocycles. The average molecular weight is 796 g/mol. The molecule has 0 bridgehead atoms. The van der Waals surface area contributed by atoms with E-state index in [9.17, 15) is 34.1 Å². The Hall–Kier alpha value is -2.82. The van der Waals surface area contributed by atoms with E-state index in [0.29, 0.717) is 12.8 Å². The lowest BCUT2D eigenvalue weighted by Crippen LogP contribution is -2.43. The molecule has 0 saturated carbocycles. The van der Waals surface area contributed by atoms with Crippen molar-refractivity contribution in [2.75, 3.05) is 19.8 Å². The molecule has 0 heterocycles. The molecule has 11 nitrogen and oxygen atoms in total. The molecule has 0 aliphatic heterocycles. The first-order valence-electron chi connectivity index (χ1n) is 20.8. The first-order chi connectivity index (χ1) is 26.6. The highest BCUT2D eigenvalue weighted by molar-refractivity contribution is 7.47. The van der Waals surface area contributed by atoms with Gasteiger partial charge in [-0.15, -0.1) is 0 Å². The summed E-state index contributed by atoms with van der Waals surface area (Å²) in [6.45, 7) is 2.43. The standard InChI is InChI=1S/C43H74NO10P/c1-3-5-7-9-11-13-15-17-18-19-20-21-22-23-24-26-28-30-32-34-41(46)44-40(43(48)49)38-54-55(50,51)53-37-39(45)36-52-42(47)35-33-31-29-27-25-16-14-12-10-8-6-4-2/h5,7,11,13,17-18,20-21,23-24,39-40,45H,3-4,6,8-10,12,14-16,19,22,25-38H2,1-2H3,(H,44,46)(H,48,49)(H,50,51)/b7-5-,13-11-,18-17-,21-20-,24-23-. The van der Waals surface area contributed by atoms with E-state index in [-0.39, 0.29) is 12.8 Å². The number of aliphatic carboxylic acids is 1. The third-order valence-electron chi connectivity index (χ3n) is 8.57. The average Bonchev–Trinajstić information content (AvgIpc) is 3.16. The van der Waals surface area contributed by atoms with Gasteiger partial charge in [0.05, 0.1) is 13.2 Å². The smallest absolute Gasteiger partial charge is 0.472 e. The van der Waals surface area contributed by atoms with Gasteiger partial charge in [0.2, 0.25) is 5.91 Å². The summed E-state index contributed by atoms with van der Waals surface area (Å²) in [6.07, 6.45) is 42.5. The SMILES string of the molecule is CC/C=C\C/C=C\C/C=C\C/C=C\C/C=C\CCCCCC(=O)NC(COP(=O)(O)OCC(O)COC(=O)CCCCCCCCCCCCCC)C(=O)O. The molecule has 0 aromatic carbocycles. The number of aliphatic hydroxyl groups is 1. The zero-order valence-electron chi connectivity index (χ0n) is 34.0. The number of ether oxygens (including phenoxy) is 1. The number of aliphatic hydroxyl groups excluding tert-OH is 1. The Morgan fingerprint density at radius 1 is 0.600 bits per heavy atom. The molecule has 0 radical (unpaired) electrons. The number of amides is 1. The van der Waals surface area contributed by atoms with Crippen LogP contribution in [0.3, 0.4) is 0 Å². The molecule has 0 fully saturated rings. The Balaban J connectivity index is 4.01. The van der Waals surface area contributed by atoms with Crippen LogP contribution in [0.15, 0.2) is 60.8 Å². The first-order valence-corrected chi connectivity index (χ1v) is 22.3. The van der Waals surface area contributed by atoms with Crippen molar-refractivity contribution in [3.63, 3.8) is 0 Å². The molecule has 12 heteroatoms. The van der Waals surface area contributed by atoms with Gasteiger partial charge in [0.25, 0.3) is 0 Å². The maximum Gasteiger partial charge on any atom is 0.472 e. The molecule has 316 valence electrons. The van der Waals surface area contributed by atoms with Gasteiger partial charge in [0.15, 0.2) is 6.04 Å². The quantitative estimate of drug-likeness (QED) is 0.0204. The fourth-order valence-electron chi connectivity index (χ4n) is 5.34. The van der Waals surface area contributed by atoms with Gasteiger partial charge in [-0.25, -0.2) is 9.36 Å². The van der Waals surface area contributed by atoms with Crippen LogP contribution >= 0.6 is 7.82 Å². The number of phosphoric acid groups is 1. The lowest BCUT2D eigenvalue weighted by atomic mass is 10.0. The summed E-state index contributed by atoms with van der Waals surface area (Å²) in [4.78, 5) is 45.8. The molecular formula is C43H74NO10P. The highest BCUT2D eigenvalue weighted by Crippen LogP contribution is 2.43. The van der Waals surface area contributed by atoms with Gasteiger partial charge in [0.1, 0.15) is 12.7 Å². The van der Waals surface area contributed by atoms with Crippen LogP contribution in [0, 0.1) is 0 Å². The number of unbranched alkanes of at least 4 members (excludes halogenated alkanes) is 14. The maximum absolute atomic E-state index is 12.3. The lowest BCUT2D eigenvalue weighted by Gasteiger charge is -2.18. The van der Waals surface area contributed by atoms with E-state index < -0.39 is 57.6 Å². The van der Waals surface area contributed by atoms with E-state index in [2.05, 4.69) is 79.9 Å². The van der Waals surface area contributed by atoms with Crippen LogP contribution in [-0.4, -0.2) is 64.9 Å². The first kappa shape index (κ1) is 52.2. The van der Waals surface area contributed by atoms with Crippen molar-refractivity contribution < 1.29 is 47.8 Å². The van der Waals surface area contributed by atoms with Gasteiger partial charge in [-0.3, -0.25) is 18.6 Å². The number of carbonyl (C=O) groups excluding carboxylic acids is 2. The summed E-state index contributed by atoms with van der Waals surface area (Å²) < 4.78 is 26.8. The van der Waals surface area contributed by atoms with Crippen LogP contribution < -0.4 is 5.32 Å². The Morgan fingerprint density at radius 3 is 1.58 bits per heavy atom. The largest absolute Gasteiger partial charge is 0.480 e. The number of esters is 1. The minimum atomic E-state index is -4.76. The van der Waals surface area contributed by atoms with Crippen molar-refractivity contribution in [3.05, 3.63) is 60.8 Å². The van der Waals surface area contributed by atoms with Crippen LogP contribution in [0.25, 0.3) is 0 Å². The van der Waals surface area contributed by atoms with Gasteiger partial charge in [-0.1, -0.05) is 152 Å². The van der Waals surface area contributed by atoms with Crippen molar-refractivity contribution in [2.45, 2.75) is 174 Å². The number of carboxylic acids is 1. The third-order valence-corrected chi connectivity index (χ3v) is 9.52. The van der Waals surface area contributed by atoms with Crippen molar-refractivity contribution in [1.29, 1.82) is 0 Å². The second-order valence-electron chi connectivity index (χ2n) is 13.8. The lowest BCUT2D eigenvalue weighted by molar-refractivity contribution is -0.147. The molecule has 55 heavy (non-hydrogen) atoms. The number of carboxylic acid groups (broad SMARTS) is 1.